The van der Waals surface area contributed by atoms with Gasteiger partial charge in [-0.25, -0.2) is 4.98 Å². The Labute approximate surface area is 133 Å². The second kappa shape index (κ2) is 5.14. The summed E-state index contributed by atoms with van der Waals surface area (Å²) in [5, 5.41) is 4.89. The van der Waals surface area contributed by atoms with Crippen LogP contribution >= 0.6 is 11.6 Å². The first-order valence-electron chi connectivity index (χ1n) is 7.13. The van der Waals surface area contributed by atoms with Gasteiger partial charge in [0.15, 0.2) is 0 Å². The molecule has 22 heavy (non-hydrogen) atoms. The lowest BCUT2D eigenvalue weighted by Crippen LogP contribution is -2.16. The summed E-state index contributed by atoms with van der Waals surface area (Å²) in [5.41, 5.74) is 5.24. The van der Waals surface area contributed by atoms with E-state index in [2.05, 4.69) is 15.8 Å². The molecule has 0 N–H and O–H groups in total. The van der Waals surface area contributed by atoms with Gasteiger partial charge in [0.1, 0.15) is 12.9 Å². The lowest BCUT2D eigenvalue weighted by molar-refractivity contribution is 0.212. The predicted molar refractivity (Wildman–Crippen MR) is 88.3 cm³/mol. The van der Waals surface area contributed by atoms with Gasteiger partial charge in [0.25, 0.3) is 0 Å². The van der Waals surface area contributed by atoms with Gasteiger partial charge in [0.05, 0.1) is 16.7 Å². The second-order valence-electron chi connectivity index (χ2n) is 5.24. The molecule has 4 nitrogen and oxygen atoms in total. The Morgan fingerprint density at radius 2 is 2.00 bits per heavy atom. The van der Waals surface area contributed by atoms with E-state index in [0.717, 1.165) is 51.7 Å². The molecule has 0 radical (unpaired) electrons. The number of hydrogen-bond acceptors (Lipinski definition) is 3. The number of rotatable bonds is 2. The van der Waals surface area contributed by atoms with Gasteiger partial charge in [-0.05, 0) is 30.3 Å². The third kappa shape index (κ3) is 1.99. The monoisotopic (exact) mass is 311 g/mol. The first-order valence-corrected chi connectivity index (χ1v) is 7.51. The van der Waals surface area contributed by atoms with E-state index in [1.807, 2.05) is 36.4 Å². The quantitative estimate of drug-likeness (QED) is 0.668. The Hall–Kier alpha value is -2.33. The van der Waals surface area contributed by atoms with Gasteiger partial charge in [-0.2, -0.15) is 0 Å². The van der Waals surface area contributed by atoms with E-state index in [0.29, 0.717) is 0 Å². The number of aromatic nitrogens is 2. The van der Waals surface area contributed by atoms with Crippen LogP contribution < -0.4 is 0 Å². The van der Waals surface area contributed by atoms with Crippen molar-refractivity contribution < 1.29 is 4.84 Å². The zero-order valence-corrected chi connectivity index (χ0v) is 12.8. The molecule has 4 rings (SSSR count). The van der Waals surface area contributed by atoms with Gasteiger partial charge < -0.3 is 9.40 Å². The number of imidazole rings is 1. The lowest BCUT2D eigenvalue weighted by Gasteiger charge is -2.18. The van der Waals surface area contributed by atoms with E-state index >= 15 is 0 Å². The third-order valence-electron chi connectivity index (χ3n) is 3.95. The minimum absolute atomic E-state index is 0.730. The lowest BCUT2D eigenvalue weighted by atomic mass is 10.0. The summed E-state index contributed by atoms with van der Waals surface area (Å²) in [6.07, 6.45) is 0.830. The highest BCUT2D eigenvalue weighted by molar-refractivity contribution is 6.30. The van der Waals surface area contributed by atoms with Crippen molar-refractivity contribution in [1.82, 2.24) is 9.55 Å². The van der Waals surface area contributed by atoms with Crippen LogP contribution in [0.25, 0.3) is 22.4 Å². The van der Waals surface area contributed by atoms with Crippen LogP contribution in [-0.2, 0) is 11.4 Å². The van der Waals surface area contributed by atoms with Crippen molar-refractivity contribution in [2.45, 2.75) is 13.0 Å². The highest BCUT2D eigenvalue weighted by Gasteiger charge is 2.22. The van der Waals surface area contributed by atoms with Gasteiger partial charge >= 0.3 is 0 Å². The summed E-state index contributed by atoms with van der Waals surface area (Å²) in [7, 11) is 1.58. The number of para-hydroxylation sites is 1. The number of aryl methyl sites for hydroxylation is 1. The largest absolute Gasteiger partial charge is 0.399 e. The average molecular weight is 312 g/mol. The molecule has 5 heteroatoms. The van der Waals surface area contributed by atoms with E-state index in [9.17, 15) is 0 Å². The zero-order valence-electron chi connectivity index (χ0n) is 12.1. The predicted octanol–water partition coefficient (Wildman–Crippen LogP) is 4.11. The molecule has 2 heterocycles. The highest BCUT2D eigenvalue weighted by Crippen LogP contribution is 2.31. The van der Waals surface area contributed by atoms with Crippen LogP contribution in [0.1, 0.15) is 12.0 Å². The molecule has 0 amide bonds. The molecule has 1 aromatic heterocycles. The van der Waals surface area contributed by atoms with E-state index in [1.165, 1.54) is 0 Å². The number of halogens is 1. The minimum atomic E-state index is 0.730. The number of oxime groups is 1. The van der Waals surface area contributed by atoms with Crippen LogP contribution in [0.15, 0.2) is 47.6 Å². The number of benzene rings is 2. The summed E-state index contributed by atoms with van der Waals surface area (Å²) in [6.45, 7) is 0.841. The SMILES string of the molecule is CO/N=C1/CCn2c(-c3ccc(Cl)cc3)nc3cccc1c32. The summed E-state index contributed by atoms with van der Waals surface area (Å²) in [6, 6.07) is 13.9. The van der Waals surface area contributed by atoms with Crippen LogP contribution in [0.2, 0.25) is 5.02 Å². The van der Waals surface area contributed by atoms with Crippen LogP contribution in [-0.4, -0.2) is 22.4 Å². The van der Waals surface area contributed by atoms with Crippen LogP contribution in [0, 0.1) is 0 Å². The normalized spacial score (nSPS) is 15.5. The summed E-state index contributed by atoms with van der Waals surface area (Å²) in [4.78, 5) is 9.78. The molecule has 3 aromatic rings. The summed E-state index contributed by atoms with van der Waals surface area (Å²) in [5.74, 6) is 0.968. The van der Waals surface area contributed by atoms with Gasteiger partial charge in [-0.1, -0.05) is 28.9 Å². The molecule has 1 aliphatic rings. The van der Waals surface area contributed by atoms with Gasteiger partial charge in [-0.15, -0.1) is 0 Å². The Bertz CT molecular complexity index is 881. The molecule has 0 aliphatic carbocycles. The molecular formula is C17H14ClN3O. The molecule has 0 saturated carbocycles. The molecule has 0 saturated heterocycles. The van der Waals surface area contributed by atoms with Gasteiger partial charge in [-0.3, -0.25) is 0 Å². The molecular weight excluding hydrogens is 298 g/mol. The Morgan fingerprint density at radius 1 is 1.18 bits per heavy atom. The number of nitrogens with zero attached hydrogens (tertiary/aromatic N) is 3. The maximum atomic E-state index is 5.98. The van der Waals surface area contributed by atoms with Gasteiger partial charge in [0.2, 0.25) is 0 Å². The highest BCUT2D eigenvalue weighted by atomic mass is 35.5. The van der Waals surface area contributed by atoms with E-state index < -0.39 is 0 Å². The topological polar surface area (TPSA) is 39.4 Å². The molecule has 0 spiro atoms. The fourth-order valence-electron chi connectivity index (χ4n) is 3.01. The van der Waals surface area contributed by atoms with Crippen molar-refractivity contribution in [2.24, 2.45) is 5.16 Å². The molecule has 2 aromatic carbocycles. The average Bonchev–Trinajstić information content (AvgIpc) is 2.91. The first kappa shape index (κ1) is 13.3. The molecule has 0 bridgehead atoms. The van der Waals surface area contributed by atoms with Crippen molar-refractivity contribution in [1.29, 1.82) is 0 Å². The Morgan fingerprint density at radius 3 is 2.77 bits per heavy atom. The van der Waals surface area contributed by atoms with Crippen LogP contribution in [0.3, 0.4) is 0 Å². The van der Waals surface area contributed by atoms with Crippen molar-refractivity contribution >= 4 is 28.3 Å². The van der Waals surface area contributed by atoms with Crippen molar-refractivity contribution in [3.63, 3.8) is 0 Å². The summed E-state index contributed by atoms with van der Waals surface area (Å²) < 4.78 is 2.25. The number of hydrogen-bond donors (Lipinski definition) is 0. The molecule has 1 aliphatic heterocycles. The van der Waals surface area contributed by atoms with Crippen molar-refractivity contribution in [3.05, 3.63) is 53.1 Å². The molecule has 110 valence electrons. The van der Waals surface area contributed by atoms with Crippen molar-refractivity contribution in [3.8, 4) is 11.4 Å². The van der Waals surface area contributed by atoms with Crippen LogP contribution in [0.4, 0.5) is 0 Å². The smallest absolute Gasteiger partial charge is 0.141 e. The fourth-order valence-corrected chi connectivity index (χ4v) is 3.14. The maximum Gasteiger partial charge on any atom is 0.141 e. The Kier molecular flexibility index (Phi) is 3.12. The summed E-state index contributed by atoms with van der Waals surface area (Å²) >= 11 is 5.98. The molecule has 0 atom stereocenters. The minimum Gasteiger partial charge on any atom is -0.399 e. The third-order valence-corrected chi connectivity index (χ3v) is 4.21. The maximum absolute atomic E-state index is 5.98. The van der Waals surface area contributed by atoms with Gasteiger partial charge in [0, 0.05) is 29.1 Å². The van der Waals surface area contributed by atoms with E-state index in [4.69, 9.17) is 21.4 Å². The Balaban J connectivity index is 1.97. The van der Waals surface area contributed by atoms with E-state index in [1.54, 1.807) is 7.11 Å². The standard InChI is InChI=1S/C17H14ClN3O/c1-22-20-14-9-10-21-16-13(14)3-2-4-15(16)19-17(21)11-5-7-12(18)8-6-11/h2-8H,9-10H2,1H3/b20-14-. The van der Waals surface area contributed by atoms with E-state index in [-0.39, 0.29) is 0 Å². The van der Waals surface area contributed by atoms with Crippen LogP contribution in [0.5, 0.6) is 0 Å². The fraction of sp³-hybridized carbons (Fsp3) is 0.176. The second-order valence-corrected chi connectivity index (χ2v) is 5.67. The molecule has 0 unspecified atom stereocenters. The van der Waals surface area contributed by atoms with Crippen molar-refractivity contribution in [2.75, 3.05) is 7.11 Å². The first-order chi connectivity index (χ1) is 10.8. The molecule has 0 fully saturated rings. The zero-order chi connectivity index (χ0) is 15.1.